The molecule has 4 rings (SSSR count). The zero-order chi connectivity index (χ0) is 18.6. The minimum Gasteiger partial charge on any atom is -0.457 e. The molecule has 0 atom stereocenters. The van der Waals surface area contributed by atoms with Crippen LogP contribution in [0.25, 0.3) is 10.2 Å². The van der Waals surface area contributed by atoms with E-state index in [9.17, 15) is 4.79 Å². The molecule has 0 radical (unpaired) electrons. The van der Waals surface area contributed by atoms with Crippen molar-refractivity contribution in [2.45, 2.75) is 13.5 Å². The Morgan fingerprint density at radius 2 is 1.59 bits per heavy atom. The zero-order valence-corrected chi connectivity index (χ0v) is 15.6. The Morgan fingerprint density at radius 3 is 2.33 bits per heavy atom. The number of para-hydroxylation sites is 2. The Labute approximate surface area is 161 Å². The number of hydrogen-bond acceptors (Lipinski definition) is 3. The summed E-state index contributed by atoms with van der Waals surface area (Å²) in [6.07, 6.45) is 0. The molecule has 0 aliphatic rings. The van der Waals surface area contributed by atoms with Gasteiger partial charge in [0, 0.05) is 12.1 Å². The van der Waals surface area contributed by atoms with Gasteiger partial charge in [-0.3, -0.25) is 4.79 Å². The average molecular weight is 374 g/mol. The van der Waals surface area contributed by atoms with Gasteiger partial charge < -0.3 is 9.30 Å². The second-order valence-electron chi connectivity index (χ2n) is 5.95. The molecule has 0 bridgehead atoms. The van der Waals surface area contributed by atoms with Crippen LogP contribution < -0.4 is 9.54 Å². The highest BCUT2D eigenvalue weighted by atomic mass is 32.1. The van der Waals surface area contributed by atoms with Crippen molar-refractivity contribution in [2.24, 2.45) is 4.99 Å². The molecule has 1 aromatic heterocycles. The second kappa shape index (κ2) is 7.60. The molecule has 0 saturated heterocycles. The lowest BCUT2D eigenvalue weighted by atomic mass is 10.2. The van der Waals surface area contributed by atoms with Gasteiger partial charge in [0.05, 0.1) is 10.2 Å². The Hall–Kier alpha value is -3.18. The van der Waals surface area contributed by atoms with E-state index in [0.29, 0.717) is 16.1 Å². The van der Waals surface area contributed by atoms with Gasteiger partial charge in [-0.15, -0.1) is 0 Å². The van der Waals surface area contributed by atoms with Crippen LogP contribution in [-0.2, 0) is 6.54 Å². The van der Waals surface area contributed by atoms with Crippen LogP contribution in [0, 0.1) is 0 Å². The number of thiazole rings is 1. The van der Waals surface area contributed by atoms with Gasteiger partial charge >= 0.3 is 0 Å². The topological polar surface area (TPSA) is 43.6 Å². The number of amides is 1. The lowest BCUT2D eigenvalue weighted by molar-refractivity contribution is 0.0998. The van der Waals surface area contributed by atoms with Gasteiger partial charge in [0.2, 0.25) is 0 Å². The van der Waals surface area contributed by atoms with Gasteiger partial charge in [0.1, 0.15) is 11.5 Å². The fourth-order valence-corrected chi connectivity index (χ4v) is 3.95. The maximum atomic E-state index is 12.6. The third-order valence-corrected chi connectivity index (χ3v) is 5.24. The molecule has 0 aliphatic carbocycles. The lowest BCUT2D eigenvalue weighted by Crippen LogP contribution is -2.15. The third-order valence-electron chi connectivity index (χ3n) is 4.18. The minimum absolute atomic E-state index is 0.255. The summed E-state index contributed by atoms with van der Waals surface area (Å²) >= 11 is 1.53. The van der Waals surface area contributed by atoms with Crippen molar-refractivity contribution in [3.63, 3.8) is 0 Å². The number of nitrogens with zero attached hydrogens (tertiary/aromatic N) is 2. The first-order valence-electron chi connectivity index (χ1n) is 8.75. The van der Waals surface area contributed by atoms with E-state index >= 15 is 0 Å². The molecule has 4 aromatic rings. The summed E-state index contributed by atoms with van der Waals surface area (Å²) in [4.78, 5) is 17.7. The molecule has 1 heterocycles. The van der Waals surface area contributed by atoms with Gasteiger partial charge in [0.15, 0.2) is 4.80 Å². The van der Waals surface area contributed by atoms with E-state index in [1.165, 1.54) is 11.3 Å². The highest BCUT2D eigenvalue weighted by Gasteiger charge is 2.08. The predicted octanol–water partition coefficient (Wildman–Crippen LogP) is 5.26. The number of fused-ring (bicyclic) bond motifs is 1. The standard InChI is InChI=1S/C22H18N2O2S/c1-2-24-19-10-6-7-11-20(19)27-22(24)23-21(25)16-12-14-18(15-13-16)26-17-8-4-3-5-9-17/h3-15H,2H2,1H3. The van der Waals surface area contributed by atoms with Gasteiger partial charge in [-0.05, 0) is 55.5 Å². The number of rotatable bonds is 4. The van der Waals surface area contributed by atoms with Crippen molar-refractivity contribution < 1.29 is 9.53 Å². The smallest absolute Gasteiger partial charge is 0.279 e. The van der Waals surface area contributed by atoms with E-state index in [1.807, 2.05) is 48.5 Å². The second-order valence-corrected chi connectivity index (χ2v) is 6.96. The van der Waals surface area contributed by atoms with Crippen molar-refractivity contribution in [1.82, 2.24) is 4.57 Å². The summed E-state index contributed by atoms with van der Waals surface area (Å²) in [5, 5.41) is 0. The zero-order valence-electron chi connectivity index (χ0n) is 14.8. The number of carbonyl (C=O) groups is 1. The molecular formula is C22H18N2O2S. The first-order valence-corrected chi connectivity index (χ1v) is 9.56. The number of hydrogen-bond donors (Lipinski definition) is 0. The minimum atomic E-state index is -0.255. The SMILES string of the molecule is CCn1c(=NC(=O)c2ccc(Oc3ccccc3)cc2)sc2ccccc21. The molecule has 0 aliphatic heterocycles. The lowest BCUT2D eigenvalue weighted by Gasteiger charge is -2.05. The maximum Gasteiger partial charge on any atom is 0.279 e. The monoisotopic (exact) mass is 374 g/mol. The van der Waals surface area contributed by atoms with Crippen LogP contribution in [0.4, 0.5) is 0 Å². The van der Waals surface area contributed by atoms with E-state index in [2.05, 4.69) is 22.5 Å². The van der Waals surface area contributed by atoms with Crippen LogP contribution in [0.3, 0.4) is 0 Å². The van der Waals surface area contributed by atoms with Gasteiger partial charge in [-0.2, -0.15) is 4.99 Å². The molecule has 0 N–H and O–H groups in total. The molecule has 1 amide bonds. The van der Waals surface area contributed by atoms with Crippen LogP contribution in [0.1, 0.15) is 17.3 Å². The Morgan fingerprint density at radius 1 is 0.926 bits per heavy atom. The van der Waals surface area contributed by atoms with Crippen LogP contribution in [0.2, 0.25) is 0 Å². The largest absolute Gasteiger partial charge is 0.457 e. The van der Waals surface area contributed by atoms with E-state index in [1.54, 1.807) is 24.3 Å². The normalized spacial score (nSPS) is 11.7. The van der Waals surface area contributed by atoms with Gasteiger partial charge in [-0.25, -0.2) is 0 Å². The maximum absolute atomic E-state index is 12.6. The molecule has 27 heavy (non-hydrogen) atoms. The van der Waals surface area contributed by atoms with E-state index < -0.39 is 0 Å². The highest BCUT2D eigenvalue weighted by molar-refractivity contribution is 7.16. The Balaban J connectivity index is 1.61. The molecule has 0 spiro atoms. The summed E-state index contributed by atoms with van der Waals surface area (Å²) in [5.41, 5.74) is 1.64. The summed E-state index contributed by atoms with van der Waals surface area (Å²) in [5.74, 6) is 1.19. The molecule has 3 aromatic carbocycles. The first kappa shape index (κ1) is 17.2. The molecule has 5 heteroatoms. The number of aromatic nitrogens is 1. The summed E-state index contributed by atoms with van der Waals surface area (Å²) in [6, 6.07) is 24.7. The molecule has 134 valence electrons. The molecule has 0 unspecified atom stereocenters. The molecule has 0 saturated carbocycles. The van der Waals surface area contributed by atoms with Crippen LogP contribution in [0.5, 0.6) is 11.5 Å². The molecule has 0 fully saturated rings. The van der Waals surface area contributed by atoms with Crippen molar-refractivity contribution >= 4 is 27.5 Å². The quantitative estimate of drug-likeness (QED) is 0.489. The van der Waals surface area contributed by atoms with Crippen molar-refractivity contribution in [1.29, 1.82) is 0 Å². The van der Waals surface area contributed by atoms with Crippen LogP contribution in [-0.4, -0.2) is 10.5 Å². The first-order chi connectivity index (χ1) is 13.2. The number of carbonyl (C=O) groups excluding carboxylic acids is 1. The third kappa shape index (κ3) is 3.68. The highest BCUT2D eigenvalue weighted by Crippen LogP contribution is 2.21. The molecule has 4 nitrogen and oxygen atoms in total. The van der Waals surface area contributed by atoms with Crippen LogP contribution in [0.15, 0.2) is 83.9 Å². The summed E-state index contributed by atoms with van der Waals surface area (Å²) in [6.45, 7) is 2.82. The van der Waals surface area contributed by atoms with E-state index in [4.69, 9.17) is 4.74 Å². The molecular weight excluding hydrogens is 356 g/mol. The number of ether oxygens (including phenoxy) is 1. The summed E-state index contributed by atoms with van der Waals surface area (Å²) < 4.78 is 8.95. The Bertz CT molecular complexity index is 1140. The van der Waals surface area contributed by atoms with Crippen molar-refractivity contribution in [3.8, 4) is 11.5 Å². The Kier molecular flexibility index (Phi) is 4.85. The van der Waals surface area contributed by atoms with Crippen molar-refractivity contribution in [2.75, 3.05) is 0 Å². The van der Waals surface area contributed by atoms with Gasteiger partial charge in [0.25, 0.3) is 5.91 Å². The van der Waals surface area contributed by atoms with Crippen molar-refractivity contribution in [3.05, 3.63) is 89.2 Å². The van der Waals surface area contributed by atoms with E-state index in [0.717, 1.165) is 22.5 Å². The van der Waals surface area contributed by atoms with Gasteiger partial charge in [-0.1, -0.05) is 41.7 Å². The average Bonchev–Trinajstić information content (AvgIpc) is 3.06. The van der Waals surface area contributed by atoms with Crippen LogP contribution >= 0.6 is 11.3 Å². The predicted molar refractivity (Wildman–Crippen MR) is 108 cm³/mol. The number of aryl methyl sites for hydroxylation is 1. The fourth-order valence-electron chi connectivity index (χ4n) is 2.85. The van der Waals surface area contributed by atoms with E-state index in [-0.39, 0.29) is 5.91 Å². The number of benzene rings is 3. The fraction of sp³-hybridized carbons (Fsp3) is 0.0909. The summed E-state index contributed by atoms with van der Waals surface area (Å²) in [7, 11) is 0.